The molecule has 5 aliphatic rings. The van der Waals surface area contributed by atoms with Crippen LogP contribution in [-0.2, 0) is 4.79 Å². The van der Waals surface area contributed by atoms with E-state index in [4.69, 9.17) is 4.74 Å². The maximum atomic E-state index is 12.9. The first-order valence-corrected chi connectivity index (χ1v) is 10.9. The number of carbonyl (C=O) groups excluding carboxylic acids is 2. The Balaban J connectivity index is 1.33. The number of ether oxygens (including phenoxy) is 1. The lowest BCUT2D eigenvalue weighted by Crippen LogP contribution is -2.67. The van der Waals surface area contributed by atoms with E-state index in [1.807, 2.05) is 18.2 Å². The number of amides is 2. The zero-order valence-corrected chi connectivity index (χ0v) is 15.8. The minimum Gasteiger partial charge on any atom is -0.467 e. The number of nitrogens with one attached hydrogen (secondary N) is 2. The van der Waals surface area contributed by atoms with Gasteiger partial charge >= 0.3 is 0 Å². The van der Waals surface area contributed by atoms with Gasteiger partial charge in [-0.2, -0.15) is 11.8 Å². The highest BCUT2D eigenvalue weighted by atomic mass is 32.2. The number of aliphatic hydroxyl groups excluding tert-OH is 1. The maximum Gasteiger partial charge on any atom is 0.258 e. The summed E-state index contributed by atoms with van der Waals surface area (Å²) in [5.74, 6) is 2.30. The van der Waals surface area contributed by atoms with Crippen LogP contribution in [0.1, 0.15) is 36.0 Å². The Hall–Kier alpha value is -1.73. The third kappa shape index (κ3) is 2.83. The van der Waals surface area contributed by atoms with E-state index in [1.165, 1.54) is 0 Å². The van der Waals surface area contributed by atoms with Crippen molar-refractivity contribution in [3.63, 3.8) is 0 Å². The predicted molar refractivity (Wildman–Crippen MR) is 101 cm³/mol. The van der Waals surface area contributed by atoms with E-state index in [0.29, 0.717) is 23.5 Å². The molecule has 2 aliphatic heterocycles. The van der Waals surface area contributed by atoms with Crippen molar-refractivity contribution in [2.24, 2.45) is 17.8 Å². The summed E-state index contributed by atoms with van der Waals surface area (Å²) < 4.78 is 6.34. The van der Waals surface area contributed by atoms with Crippen molar-refractivity contribution in [1.82, 2.24) is 10.6 Å². The quantitative estimate of drug-likeness (QED) is 0.715. The number of rotatable bonds is 2. The molecular weight excluding hydrogens is 364 g/mol. The molecule has 2 heterocycles. The van der Waals surface area contributed by atoms with Crippen molar-refractivity contribution in [3.05, 3.63) is 29.8 Å². The van der Waals surface area contributed by atoms with E-state index in [0.717, 1.165) is 25.0 Å². The third-order valence-electron chi connectivity index (χ3n) is 6.68. The van der Waals surface area contributed by atoms with Gasteiger partial charge in [0.15, 0.2) is 5.72 Å². The monoisotopic (exact) mass is 388 g/mol. The van der Waals surface area contributed by atoms with Crippen LogP contribution in [0.25, 0.3) is 0 Å². The molecule has 144 valence electrons. The van der Waals surface area contributed by atoms with Crippen molar-refractivity contribution in [1.29, 1.82) is 0 Å². The van der Waals surface area contributed by atoms with Gasteiger partial charge in [-0.1, -0.05) is 12.1 Å². The number of thioether (sulfide) groups is 1. The molecule has 7 heteroatoms. The smallest absolute Gasteiger partial charge is 0.258 e. The highest BCUT2D eigenvalue weighted by Gasteiger charge is 2.57. The SMILES string of the molecule is O=C1N[C@]2(C[C@H]3CC[C@@H]2C[C@@H]3C(=O)N[C@@H]2CSC[C@@H]2O)Oc2ccccc21. The first-order valence-electron chi connectivity index (χ1n) is 9.72. The zero-order valence-electron chi connectivity index (χ0n) is 15.0. The predicted octanol–water partition coefficient (Wildman–Crippen LogP) is 1.53. The topological polar surface area (TPSA) is 87.7 Å². The second-order valence-corrected chi connectivity index (χ2v) is 9.32. The van der Waals surface area contributed by atoms with Crippen LogP contribution in [0.15, 0.2) is 24.3 Å². The molecule has 27 heavy (non-hydrogen) atoms. The molecule has 3 N–H and O–H groups in total. The summed E-state index contributed by atoms with van der Waals surface area (Å²) >= 11 is 1.67. The molecule has 2 amide bonds. The fourth-order valence-corrected chi connectivity index (χ4v) is 6.42. The van der Waals surface area contributed by atoms with Crippen molar-refractivity contribution in [2.45, 2.75) is 43.6 Å². The minimum absolute atomic E-state index is 0.0497. The average Bonchev–Trinajstić information content (AvgIpc) is 3.06. The van der Waals surface area contributed by atoms with Crippen molar-refractivity contribution in [3.8, 4) is 5.75 Å². The molecule has 0 unspecified atom stereocenters. The molecule has 1 saturated heterocycles. The van der Waals surface area contributed by atoms with E-state index in [2.05, 4.69) is 10.6 Å². The van der Waals surface area contributed by atoms with Crippen molar-refractivity contribution in [2.75, 3.05) is 11.5 Å². The molecule has 6 rings (SSSR count). The van der Waals surface area contributed by atoms with E-state index in [-0.39, 0.29) is 35.6 Å². The Labute approximate surface area is 162 Å². The summed E-state index contributed by atoms with van der Waals surface area (Å²) in [5.41, 5.74) is -0.111. The molecule has 1 aromatic carbocycles. The molecule has 3 saturated carbocycles. The molecule has 4 fully saturated rings. The number of para-hydroxylation sites is 1. The highest BCUT2D eigenvalue weighted by Crippen LogP contribution is 2.52. The summed E-state index contributed by atoms with van der Waals surface area (Å²) in [6.45, 7) is 0. The molecule has 0 aromatic heterocycles. The first-order chi connectivity index (χ1) is 13.1. The van der Waals surface area contributed by atoms with Crippen LogP contribution in [-0.4, -0.2) is 46.3 Å². The highest BCUT2D eigenvalue weighted by molar-refractivity contribution is 7.99. The first kappa shape index (κ1) is 17.4. The van der Waals surface area contributed by atoms with Gasteiger partial charge in [0.1, 0.15) is 5.75 Å². The van der Waals surface area contributed by atoms with Gasteiger partial charge in [0.25, 0.3) is 5.91 Å². The van der Waals surface area contributed by atoms with Crippen LogP contribution in [0.5, 0.6) is 5.75 Å². The third-order valence-corrected chi connectivity index (χ3v) is 7.85. The number of hydrogen-bond acceptors (Lipinski definition) is 5. The second kappa shape index (κ2) is 6.41. The lowest BCUT2D eigenvalue weighted by Gasteiger charge is -2.55. The number of hydrogen-bond donors (Lipinski definition) is 3. The van der Waals surface area contributed by atoms with Gasteiger partial charge in [-0.25, -0.2) is 0 Å². The Kier molecular flexibility index (Phi) is 4.13. The van der Waals surface area contributed by atoms with Gasteiger partial charge < -0.3 is 20.5 Å². The van der Waals surface area contributed by atoms with Crippen LogP contribution in [0, 0.1) is 17.8 Å². The number of benzene rings is 1. The molecule has 1 spiro atoms. The van der Waals surface area contributed by atoms with Crippen LogP contribution < -0.4 is 15.4 Å². The largest absolute Gasteiger partial charge is 0.467 e. The van der Waals surface area contributed by atoms with Crippen LogP contribution in [0.2, 0.25) is 0 Å². The Bertz CT molecular complexity index is 787. The van der Waals surface area contributed by atoms with Crippen LogP contribution in [0.3, 0.4) is 0 Å². The van der Waals surface area contributed by atoms with Gasteiger partial charge in [0.05, 0.1) is 17.7 Å². The Morgan fingerprint density at radius 3 is 2.89 bits per heavy atom. The number of aliphatic hydroxyl groups is 1. The van der Waals surface area contributed by atoms with Crippen LogP contribution in [0.4, 0.5) is 0 Å². The van der Waals surface area contributed by atoms with E-state index in [9.17, 15) is 14.7 Å². The molecule has 6 atom stereocenters. The molecule has 6 nitrogen and oxygen atoms in total. The fraction of sp³-hybridized carbons (Fsp3) is 0.600. The zero-order chi connectivity index (χ0) is 18.6. The molecular formula is C20H24N2O4S. The molecule has 2 bridgehead atoms. The maximum absolute atomic E-state index is 12.9. The molecule has 3 aliphatic carbocycles. The average molecular weight is 388 g/mol. The Morgan fingerprint density at radius 2 is 2.15 bits per heavy atom. The lowest BCUT2D eigenvalue weighted by atomic mass is 9.60. The second-order valence-electron chi connectivity index (χ2n) is 8.24. The van der Waals surface area contributed by atoms with Gasteiger partial charge in [0, 0.05) is 29.8 Å². The Morgan fingerprint density at radius 1 is 1.30 bits per heavy atom. The van der Waals surface area contributed by atoms with E-state index < -0.39 is 11.8 Å². The van der Waals surface area contributed by atoms with Crippen molar-refractivity contribution >= 4 is 23.6 Å². The number of fused-ring (bicyclic) bond motifs is 3. The molecule has 1 aromatic rings. The fourth-order valence-electron chi connectivity index (χ4n) is 5.25. The van der Waals surface area contributed by atoms with Gasteiger partial charge in [-0.05, 0) is 37.3 Å². The number of carbonyl (C=O) groups is 2. The molecule has 0 radical (unpaired) electrons. The van der Waals surface area contributed by atoms with Gasteiger partial charge in [-0.15, -0.1) is 0 Å². The van der Waals surface area contributed by atoms with E-state index >= 15 is 0 Å². The van der Waals surface area contributed by atoms with Gasteiger partial charge in [-0.3, -0.25) is 9.59 Å². The summed E-state index contributed by atoms with van der Waals surface area (Å²) in [7, 11) is 0. The summed E-state index contributed by atoms with van der Waals surface area (Å²) in [4.78, 5) is 25.5. The lowest BCUT2D eigenvalue weighted by molar-refractivity contribution is -0.147. The minimum atomic E-state index is -0.687. The summed E-state index contributed by atoms with van der Waals surface area (Å²) in [6.07, 6.45) is 2.86. The summed E-state index contributed by atoms with van der Waals surface area (Å²) in [6, 6.07) is 7.20. The van der Waals surface area contributed by atoms with Gasteiger partial charge in [0.2, 0.25) is 5.91 Å². The van der Waals surface area contributed by atoms with Crippen molar-refractivity contribution < 1.29 is 19.4 Å². The van der Waals surface area contributed by atoms with E-state index in [1.54, 1.807) is 17.8 Å². The summed E-state index contributed by atoms with van der Waals surface area (Å²) in [5, 5.41) is 16.2. The van der Waals surface area contributed by atoms with Crippen LogP contribution >= 0.6 is 11.8 Å². The standard InChI is InChI=1S/C20H24N2O4S/c23-16-10-27-9-15(16)21-18(24)14-7-12-6-5-11(14)8-20(12)22-19(25)13-3-1-2-4-17(13)26-20/h1-4,11-12,14-16,23H,5-10H2,(H,21,24)(H,22,25)/t11-,12-,14+,15-,16+,20-/m1/s1. The normalized spacial score (nSPS) is 39.6.